The van der Waals surface area contributed by atoms with Crippen LogP contribution in [0.25, 0.3) is 21.9 Å². The Balaban J connectivity index is 1.18. The predicted molar refractivity (Wildman–Crippen MR) is 170 cm³/mol. The zero-order chi connectivity index (χ0) is 29.2. The van der Waals surface area contributed by atoms with Crippen LogP contribution in [0.2, 0.25) is 0 Å². The zero-order valence-electron chi connectivity index (χ0n) is 24.5. The summed E-state index contributed by atoms with van der Waals surface area (Å²) in [6.07, 6.45) is 7.33. The molecule has 3 aromatic carbocycles. The van der Waals surface area contributed by atoms with Crippen molar-refractivity contribution in [3.8, 4) is 5.75 Å². The highest BCUT2D eigenvalue weighted by Gasteiger charge is 2.35. The minimum absolute atomic E-state index is 0.113. The molecule has 2 aromatic heterocycles. The van der Waals surface area contributed by atoms with Crippen LogP contribution in [-0.2, 0) is 17.9 Å². The standard InChI is InChI=1S/C36H38N4O3/c41-36(42)31-10-4-3-9-30(31)35-38-33-22-29(43-24-27-15-14-26-8-2-5-11-32(26)37-27)18-19-34(33)40(35)23-25-12-16-28(17-13-25)39-20-6-1-7-21-39/h2,5,8,11-19,22,30-31H,1,3-4,6-7,9-10,20-21,23-24H2,(H,41,42)/t30-,31?/m1/s1. The molecule has 43 heavy (non-hydrogen) atoms. The van der Waals surface area contributed by atoms with E-state index in [-0.39, 0.29) is 5.92 Å². The molecule has 1 saturated heterocycles. The highest BCUT2D eigenvalue weighted by Crippen LogP contribution is 2.39. The number of imidazole rings is 1. The number of ether oxygens (including phenoxy) is 1. The van der Waals surface area contributed by atoms with Crippen molar-refractivity contribution in [3.63, 3.8) is 0 Å². The summed E-state index contributed by atoms with van der Waals surface area (Å²) in [5.41, 5.74) is 6.11. The third kappa shape index (κ3) is 5.81. The number of benzene rings is 3. The molecule has 220 valence electrons. The zero-order valence-corrected chi connectivity index (χ0v) is 24.5. The van der Waals surface area contributed by atoms with Crippen molar-refractivity contribution in [3.05, 3.63) is 95.9 Å². The van der Waals surface area contributed by atoms with Gasteiger partial charge in [0.25, 0.3) is 0 Å². The molecule has 0 spiro atoms. The molecule has 0 bridgehead atoms. The highest BCUT2D eigenvalue weighted by molar-refractivity contribution is 5.79. The van der Waals surface area contributed by atoms with Crippen LogP contribution >= 0.6 is 0 Å². The number of para-hydroxylation sites is 1. The van der Waals surface area contributed by atoms with Gasteiger partial charge in [0.2, 0.25) is 0 Å². The minimum Gasteiger partial charge on any atom is -0.487 e. The van der Waals surface area contributed by atoms with Crippen molar-refractivity contribution in [1.82, 2.24) is 14.5 Å². The summed E-state index contributed by atoms with van der Waals surface area (Å²) in [6, 6.07) is 27.1. The Bertz CT molecular complexity index is 1740. The fourth-order valence-electron chi connectivity index (χ4n) is 6.90. The van der Waals surface area contributed by atoms with Crippen molar-refractivity contribution in [2.45, 2.75) is 64.0 Å². The summed E-state index contributed by atoms with van der Waals surface area (Å²) >= 11 is 0. The third-order valence-corrected chi connectivity index (χ3v) is 9.21. The first-order valence-corrected chi connectivity index (χ1v) is 15.7. The average Bonchev–Trinajstić information content (AvgIpc) is 3.41. The van der Waals surface area contributed by atoms with Gasteiger partial charge in [-0.3, -0.25) is 4.79 Å². The maximum absolute atomic E-state index is 12.3. The van der Waals surface area contributed by atoms with E-state index >= 15 is 0 Å². The fraction of sp³-hybridized carbons (Fsp3) is 0.361. The Kier molecular flexibility index (Phi) is 7.71. The Morgan fingerprint density at radius 2 is 1.65 bits per heavy atom. The van der Waals surface area contributed by atoms with Crippen molar-refractivity contribution in [2.24, 2.45) is 5.92 Å². The summed E-state index contributed by atoms with van der Waals surface area (Å²) in [6.45, 7) is 3.25. The molecule has 2 aliphatic rings. The summed E-state index contributed by atoms with van der Waals surface area (Å²) in [5.74, 6) is 0.345. The van der Waals surface area contributed by atoms with Crippen LogP contribution in [0, 0.1) is 5.92 Å². The fourth-order valence-corrected chi connectivity index (χ4v) is 6.90. The van der Waals surface area contributed by atoms with E-state index in [0.717, 1.165) is 71.6 Å². The number of nitrogens with zero attached hydrogens (tertiary/aromatic N) is 4. The number of carbonyl (C=O) groups is 1. The number of aromatic nitrogens is 3. The second-order valence-electron chi connectivity index (χ2n) is 12.0. The van der Waals surface area contributed by atoms with Gasteiger partial charge in [0.1, 0.15) is 18.2 Å². The maximum Gasteiger partial charge on any atom is 0.307 e. The van der Waals surface area contributed by atoms with E-state index in [1.54, 1.807) is 0 Å². The number of hydrogen-bond donors (Lipinski definition) is 1. The lowest BCUT2D eigenvalue weighted by Crippen LogP contribution is -2.29. The monoisotopic (exact) mass is 574 g/mol. The molecular formula is C36H38N4O3. The van der Waals surface area contributed by atoms with Crippen molar-refractivity contribution < 1.29 is 14.6 Å². The van der Waals surface area contributed by atoms with Gasteiger partial charge in [-0.05, 0) is 74.1 Å². The molecule has 1 saturated carbocycles. The Labute approximate surface area is 252 Å². The van der Waals surface area contributed by atoms with Gasteiger partial charge < -0.3 is 19.3 Å². The smallest absolute Gasteiger partial charge is 0.307 e. The van der Waals surface area contributed by atoms with Gasteiger partial charge in [0, 0.05) is 42.7 Å². The molecule has 7 heteroatoms. The lowest BCUT2D eigenvalue weighted by molar-refractivity contribution is -0.143. The van der Waals surface area contributed by atoms with E-state index in [1.165, 1.54) is 30.5 Å². The minimum atomic E-state index is -0.721. The molecular weight excluding hydrogens is 536 g/mol. The Hall–Kier alpha value is -4.39. The number of rotatable bonds is 8. The number of hydrogen-bond acceptors (Lipinski definition) is 5. The van der Waals surface area contributed by atoms with Crippen LogP contribution in [0.5, 0.6) is 5.75 Å². The van der Waals surface area contributed by atoms with Crippen LogP contribution in [-0.4, -0.2) is 38.7 Å². The van der Waals surface area contributed by atoms with Crippen LogP contribution in [0.15, 0.2) is 78.9 Å². The summed E-state index contributed by atoms with van der Waals surface area (Å²) in [5, 5.41) is 11.2. The molecule has 1 aliphatic heterocycles. The van der Waals surface area contributed by atoms with E-state index in [1.807, 2.05) is 36.4 Å². The Morgan fingerprint density at radius 1 is 0.837 bits per heavy atom. The van der Waals surface area contributed by atoms with Gasteiger partial charge in [-0.15, -0.1) is 0 Å². The maximum atomic E-state index is 12.3. The van der Waals surface area contributed by atoms with Crippen LogP contribution in [0.4, 0.5) is 5.69 Å². The topological polar surface area (TPSA) is 80.5 Å². The third-order valence-electron chi connectivity index (χ3n) is 9.21. The second-order valence-corrected chi connectivity index (χ2v) is 12.0. The van der Waals surface area contributed by atoms with Crippen molar-refractivity contribution in [1.29, 1.82) is 0 Å². The number of anilines is 1. The number of fused-ring (bicyclic) bond motifs is 2. The first kappa shape index (κ1) is 27.4. The van der Waals surface area contributed by atoms with Gasteiger partial charge in [0.05, 0.1) is 28.2 Å². The molecule has 7 rings (SSSR count). The largest absolute Gasteiger partial charge is 0.487 e. The van der Waals surface area contributed by atoms with E-state index in [9.17, 15) is 9.90 Å². The lowest BCUT2D eigenvalue weighted by atomic mass is 9.78. The summed E-state index contributed by atoms with van der Waals surface area (Å²) in [4.78, 5) is 24.6. The first-order valence-electron chi connectivity index (χ1n) is 15.7. The predicted octanol–water partition coefficient (Wildman–Crippen LogP) is 7.56. The van der Waals surface area contributed by atoms with Gasteiger partial charge >= 0.3 is 5.97 Å². The van der Waals surface area contributed by atoms with E-state index < -0.39 is 11.9 Å². The lowest BCUT2D eigenvalue weighted by Gasteiger charge is -2.29. The number of pyridine rings is 1. The number of carboxylic acid groups (broad SMARTS) is 1. The normalized spacial score (nSPS) is 19.1. The molecule has 1 aliphatic carbocycles. The van der Waals surface area contributed by atoms with Gasteiger partial charge in [-0.25, -0.2) is 9.97 Å². The van der Waals surface area contributed by atoms with Crippen LogP contribution in [0.3, 0.4) is 0 Å². The molecule has 0 radical (unpaired) electrons. The second kappa shape index (κ2) is 12.1. The van der Waals surface area contributed by atoms with Crippen molar-refractivity contribution >= 4 is 33.6 Å². The van der Waals surface area contributed by atoms with Gasteiger partial charge in [-0.2, -0.15) is 0 Å². The summed E-state index contributed by atoms with van der Waals surface area (Å²) < 4.78 is 8.42. The van der Waals surface area contributed by atoms with E-state index in [0.29, 0.717) is 19.6 Å². The average molecular weight is 575 g/mol. The molecule has 1 unspecified atom stereocenters. The molecule has 5 aromatic rings. The van der Waals surface area contributed by atoms with E-state index in [2.05, 4.69) is 51.9 Å². The van der Waals surface area contributed by atoms with Crippen molar-refractivity contribution in [2.75, 3.05) is 18.0 Å². The molecule has 2 atom stereocenters. The van der Waals surface area contributed by atoms with Crippen LogP contribution in [0.1, 0.15) is 67.9 Å². The number of aliphatic carboxylic acids is 1. The van der Waals surface area contributed by atoms with Gasteiger partial charge in [-0.1, -0.05) is 49.2 Å². The number of piperidine rings is 1. The SMILES string of the molecule is O=C(O)C1CCCC[C@H]1c1nc2cc(OCc3ccc4ccccc4n3)ccc2n1Cc1ccc(N2CCCCC2)cc1. The quantitative estimate of drug-likeness (QED) is 0.206. The molecule has 7 nitrogen and oxygen atoms in total. The molecule has 0 amide bonds. The van der Waals surface area contributed by atoms with Gasteiger partial charge in [0.15, 0.2) is 0 Å². The number of carboxylic acids is 1. The van der Waals surface area contributed by atoms with Crippen LogP contribution < -0.4 is 9.64 Å². The highest BCUT2D eigenvalue weighted by atomic mass is 16.5. The first-order chi connectivity index (χ1) is 21.1. The van der Waals surface area contributed by atoms with E-state index in [4.69, 9.17) is 14.7 Å². The molecule has 1 N–H and O–H groups in total. The Morgan fingerprint density at radius 3 is 2.49 bits per heavy atom. The summed E-state index contributed by atoms with van der Waals surface area (Å²) in [7, 11) is 0. The molecule has 2 fully saturated rings. The molecule has 3 heterocycles.